The second-order valence-corrected chi connectivity index (χ2v) is 2.72. The first-order valence-electron chi connectivity index (χ1n) is 4.14. The van der Waals surface area contributed by atoms with E-state index in [2.05, 4.69) is 16.1 Å². The zero-order chi connectivity index (χ0) is 11.3. The van der Waals surface area contributed by atoms with Gasteiger partial charge in [-0.3, -0.25) is 5.84 Å². The van der Waals surface area contributed by atoms with E-state index in [0.717, 1.165) is 0 Å². The van der Waals surface area contributed by atoms with Crippen molar-refractivity contribution in [2.24, 2.45) is 5.84 Å². The molecule has 1 atom stereocenters. The molecule has 0 aliphatic heterocycles. The average Bonchev–Trinajstić information content (AvgIpc) is 2.19. The van der Waals surface area contributed by atoms with Gasteiger partial charge in [0.15, 0.2) is 0 Å². The van der Waals surface area contributed by atoms with Gasteiger partial charge < -0.3 is 4.74 Å². The Labute approximate surface area is 86.2 Å². The highest BCUT2D eigenvalue weighted by Gasteiger charge is 2.09. The zero-order valence-electron chi connectivity index (χ0n) is 7.78. The second kappa shape index (κ2) is 5.29. The van der Waals surface area contributed by atoms with Gasteiger partial charge in [0.1, 0.15) is 11.8 Å². The summed E-state index contributed by atoms with van der Waals surface area (Å²) in [4.78, 5) is 0. The summed E-state index contributed by atoms with van der Waals surface area (Å²) in [5.74, 6) is 7.61. The van der Waals surface area contributed by atoms with Crippen molar-refractivity contribution in [3.63, 3.8) is 0 Å². The Hall–Kier alpha value is -1.64. The molecule has 0 bridgehead atoms. The van der Waals surface area contributed by atoms with Gasteiger partial charge in [0.05, 0.1) is 0 Å². The van der Waals surface area contributed by atoms with Crippen molar-refractivity contribution in [1.29, 1.82) is 0 Å². The van der Waals surface area contributed by atoms with Crippen LogP contribution in [0.25, 0.3) is 0 Å². The summed E-state index contributed by atoms with van der Waals surface area (Å²) >= 11 is 0. The molecular weight excluding hydrogens is 202 g/mol. The fraction of sp³-hybridized carbons (Fsp3) is 0.200. The van der Waals surface area contributed by atoms with E-state index in [0.29, 0.717) is 5.56 Å². The molecule has 3 nitrogen and oxygen atoms in total. The third-order valence-electron chi connectivity index (χ3n) is 1.75. The second-order valence-electron chi connectivity index (χ2n) is 2.72. The molecule has 15 heavy (non-hydrogen) atoms. The van der Waals surface area contributed by atoms with Crippen LogP contribution in [0.2, 0.25) is 0 Å². The number of halogens is 2. The molecule has 1 rings (SSSR count). The van der Waals surface area contributed by atoms with Crippen molar-refractivity contribution in [3.8, 4) is 18.1 Å². The Morgan fingerprint density at radius 1 is 1.47 bits per heavy atom. The summed E-state index contributed by atoms with van der Waals surface area (Å²) in [6.07, 6.45) is 5.19. The fourth-order valence-corrected chi connectivity index (χ4v) is 1.11. The van der Waals surface area contributed by atoms with Crippen molar-refractivity contribution in [1.82, 2.24) is 5.43 Å². The number of hydrogen-bond acceptors (Lipinski definition) is 3. The third-order valence-corrected chi connectivity index (χ3v) is 1.75. The maximum Gasteiger partial charge on any atom is 0.387 e. The van der Waals surface area contributed by atoms with Gasteiger partial charge in [-0.05, 0) is 17.7 Å². The lowest BCUT2D eigenvalue weighted by atomic mass is 10.1. The molecule has 80 valence electrons. The van der Waals surface area contributed by atoms with Gasteiger partial charge in [-0.15, -0.1) is 6.42 Å². The van der Waals surface area contributed by atoms with Gasteiger partial charge in [0, 0.05) is 0 Å². The molecule has 0 heterocycles. The van der Waals surface area contributed by atoms with Crippen LogP contribution in [0.1, 0.15) is 11.6 Å². The molecule has 3 N–H and O–H groups in total. The first-order chi connectivity index (χ1) is 7.17. The van der Waals surface area contributed by atoms with Crippen molar-refractivity contribution >= 4 is 0 Å². The molecule has 5 heteroatoms. The van der Waals surface area contributed by atoms with E-state index < -0.39 is 12.7 Å². The molecule has 0 radical (unpaired) electrons. The molecule has 0 saturated heterocycles. The first kappa shape index (κ1) is 11.4. The summed E-state index contributed by atoms with van der Waals surface area (Å²) in [6, 6.07) is 5.54. The van der Waals surface area contributed by atoms with E-state index >= 15 is 0 Å². The van der Waals surface area contributed by atoms with Crippen molar-refractivity contribution < 1.29 is 13.5 Å². The molecule has 0 spiro atoms. The number of ether oxygens (including phenoxy) is 1. The van der Waals surface area contributed by atoms with Crippen LogP contribution in [0.4, 0.5) is 8.78 Å². The van der Waals surface area contributed by atoms with E-state index in [1.165, 1.54) is 12.1 Å². The number of hydrogen-bond donors (Lipinski definition) is 2. The SMILES string of the molecule is C#CC(NN)c1cccc(OC(F)F)c1. The Morgan fingerprint density at radius 3 is 2.73 bits per heavy atom. The molecule has 0 aliphatic carbocycles. The van der Waals surface area contributed by atoms with E-state index in [1.54, 1.807) is 12.1 Å². The van der Waals surface area contributed by atoms with Crippen LogP contribution in [0.3, 0.4) is 0 Å². The van der Waals surface area contributed by atoms with Crippen LogP contribution in [-0.2, 0) is 0 Å². The molecular formula is C10H10F2N2O. The number of rotatable bonds is 4. The summed E-state index contributed by atoms with van der Waals surface area (Å²) in [5.41, 5.74) is 2.96. The first-order valence-corrected chi connectivity index (χ1v) is 4.14. The molecule has 0 aromatic heterocycles. The standard InChI is InChI=1S/C10H10F2N2O/c1-2-9(14-13)7-4-3-5-8(6-7)15-10(11)12/h1,3-6,9-10,14H,13H2. The lowest BCUT2D eigenvalue weighted by molar-refractivity contribution is -0.0498. The molecule has 0 fully saturated rings. The van der Waals surface area contributed by atoms with E-state index in [9.17, 15) is 8.78 Å². The van der Waals surface area contributed by atoms with Crippen molar-refractivity contribution in [2.45, 2.75) is 12.7 Å². The van der Waals surface area contributed by atoms with Crippen LogP contribution in [0.5, 0.6) is 5.75 Å². The maximum absolute atomic E-state index is 11.9. The lowest BCUT2D eigenvalue weighted by Gasteiger charge is -2.11. The third kappa shape index (κ3) is 3.20. The van der Waals surface area contributed by atoms with Crippen LogP contribution < -0.4 is 16.0 Å². The van der Waals surface area contributed by atoms with E-state index in [-0.39, 0.29) is 5.75 Å². The number of nitrogens with two attached hydrogens (primary N) is 1. The van der Waals surface area contributed by atoms with E-state index in [4.69, 9.17) is 12.3 Å². The predicted octanol–water partition coefficient (Wildman–Crippen LogP) is 1.43. The smallest absolute Gasteiger partial charge is 0.387 e. The lowest BCUT2D eigenvalue weighted by Crippen LogP contribution is -2.26. The number of alkyl halides is 2. The van der Waals surface area contributed by atoms with Crippen LogP contribution in [0, 0.1) is 12.3 Å². The van der Waals surface area contributed by atoms with Crippen LogP contribution in [-0.4, -0.2) is 6.61 Å². The van der Waals surface area contributed by atoms with Gasteiger partial charge in [0.25, 0.3) is 0 Å². The summed E-state index contributed by atoms with van der Waals surface area (Å²) < 4.78 is 28.1. The molecule has 1 aromatic rings. The van der Waals surface area contributed by atoms with Crippen LogP contribution >= 0.6 is 0 Å². The highest BCUT2D eigenvalue weighted by molar-refractivity contribution is 5.33. The highest BCUT2D eigenvalue weighted by Crippen LogP contribution is 2.19. The quantitative estimate of drug-likeness (QED) is 0.451. The summed E-state index contributed by atoms with van der Waals surface area (Å²) in [5, 5.41) is 0. The fourth-order valence-electron chi connectivity index (χ4n) is 1.11. The highest BCUT2D eigenvalue weighted by atomic mass is 19.3. The molecule has 0 saturated carbocycles. The predicted molar refractivity (Wildman–Crippen MR) is 52.0 cm³/mol. The molecule has 0 amide bonds. The number of terminal acetylenes is 1. The summed E-state index contributed by atoms with van der Waals surface area (Å²) in [6.45, 7) is -2.85. The minimum absolute atomic E-state index is 0.0537. The maximum atomic E-state index is 11.9. The van der Waals surface area contributed by atoms with Gasteiger partial charge in [-0.2, -0.15) is 8.78 Å². The number of hydrazine groups is 1. The Morgan fingerprint density at radius 2 is 2.20 bits per heavy atom. The minimum Gasteiger partial charge on any atom is -0.435 e. The monoisotopic (exact) mass is 212 g/mol. The number of benzene rings is 1. The van der Waals surface area contributed by atoms with Gasteiger partial charge in [-0.25, -0.2) is 5.43 Å². The minimum atomic E-state index is -2.85. The van der Waals surface area contributed by atoms with Gasteiger partial charge in [-0.1, -0.05) is 18.1 Å². The Balaban J connectivity index is 2.87. The largest absolute Gasteiger partial charge is 0.435 e. The zero-order valence-corrected chi connectivity index (χ0v) is 7.78. The average molecular weight is 212 g/mol. The molecule has 1 aromatic carbocycles. The van der Waals surface area contributed by atoms with Gasteiger partial charge >= 0.3 is 6.61 Å². The Kier molecular flexibility index (Phi) is 4.03. The molecule has 1 unspecified atom stereocenters. The van der Waals surface area contributed by atoms with Gasteiger partial charge in [0.2, 0.25) is 0 Å². The van der Waals surface area contributed by atoms with Crippen molar-refractivity contribution in [2.75, 3.05) is 0 Å². The van der Waals surface area contributed by atoms with Crippen molar-refractivity contribution in [3.05, 3.63) is 29.8 Å². The number of nitrogens with one attached hydrogen (secondary N) is 1. The Bertz CT molecular complexity index is 363. The normalized spacial score (nSPS) is 12.2. The summed E-state index contributed by atoms with van der Waals surface area (Å²) in [7, 11) is 0. The topological polar surface area (TPSA) is 47.3 Å². The molecule has 0 aliphatic rings. The van der Waals surface area contributed by atoms with E-state index in [1.807, 2.05) is 0 Å². The van der Waals surface area contributed by atoms with Crippen LogP contribution in [0.15, 0.2) is 24.3 Å².